The Morgan fingerprint density at radius 1 is 1.56 bits per heavy atom. The molecule has 100 valence electrons. The molecule has 0 bridgehead atoms. The van der Waals surface area contributed by atoms with E-state index in [2.05, 4.69) is 5.32 Å². The molecular weight excluding hydrogens is 236 g/mol. The molecule has 0 saturated carbocycles. The summed E-state index contributed by atoms with van der Waals surface area (Å²) in [5, 5.41) is 22.7. The maximum absolute atomic E-state index is 10.9. The fourth-order valence-electron chi connectivity index (χ4n) is 1.55. The van der Waals surface area contributed by atoms with Crippen molar-refractivity contribution in [2.24, 2.45) is 5.92 Å². The Morgan fingerprint density at radius 3 is 2.83 bits per heavy atom. The molecule has 18 heavy (non-hydrogen) atoms. The molecule has 1 aromatic carbocycles. The van der Waals surface area contributed by atoms with Crippen LogP contribution in [0.2, 0.25) is 0 Å². The number of anilines is 1. The van der Waals surface area contributed by atoms with Crippen LogP contribution >= 0.6 is 0 Å². The lowest BCUT2D eigenvalue weighted by Gasteiger charge is -2.12. The highest BCUT2D eigenvalue weighted by Crippen LogP contribution is 2.29. The summed E-state index contributed by atoms with van der Waals surface area (Å²) in [6.07, 6.45) is 0.664. The molecule has 0 amide bonds. The Labute approximate surface area is 106 Å². The Hall–Kier alpha value is -1.82. The summed E-state index contributed by atoms with van der Waals surface area (Å²) >= 11 is 0. The standard InChI is InChI=1S/C12H18N2O4/c1-9(5-6-15)8-13-11-4-3-10(18-2)7-12(11)14(16)17/h3-4,7,9,13,15H,5-6,8H2,1-2H3. The fraction of sp³-hybridized carbons (Fsp3) is 0.500. The average Bonchev–Trinajstić information content (AvgIpc) is 2.36. The molecule has 0 aromatic heterocycles. The number of nitro benzene ring substituents is 1. The first kappa shape index (κ1) is 14.2. The number of rotatable bonds is 7. The van der Waals surface area contributed by atoms with Crippen molar-refractivity contribution in [1.82, 2.24) is 0 Å². The lowest BCUT2D eigenvalue weighted by molar-refractivity contribution is -0.384. The maximum atomic E-state index is 10.9. The molecule has 0 heterocycles. The van der Waals surface area contributed by atoms with E-state index < -0.39 is 4.92 Å². The molecule has 6 nitrogen and oxygen atoms in total. The molecule has 1 unspecified atom stereocenters. The van der Waals surface area contributed by atoms with Crippen LogP contribution in [0, 0.1) is 16.0 Å². The third-order valence-electron chi connectivity index (χ3n) is 2.66. The number of aliphatic hydroxyl groups excluding tert-OH is 1. The zero-order chi connectivity index (χ0) is 13.5. The quantitative estimate of drug-likeness (QED) is 0.574. The molecule has 0 aliphatic rings. The van der Waals surface area contributed by atoms with Gasteiger partial charge < -0.3 is 15.2 Å². The lowest BCUT2D eigenvalue weighted by Crippen LogP contribution is -2.13. The smallest absolute Gasteiger partial charge is 0.296 e. The summed E-state index contributed by atoms with van der Waals surface area (Å²) in [4.78, 5) is 10.5. The first-order chi connectivity index (χ1) is 8.58. The van der Waals surface area contributed by atoms with Crippen LogP contribution in [-0.4, -0.2) is 30.3 Å². The largest absolute Gasteiger partial charge is 0.496 e. The predicted octanol–water partition coefficient (Wildman–Crippen LogP) is 2.03. The van der Waals surface area contributed by atoms with Gasteiger partial charge in [0.05, 0.1) is 18.1 Å². The van der Waals surface area contributed by atoms with Gasteiger partial charge in [-0.15, -0.1) is 0 Å². The van der Waals surface area contributed by atoms with Crippen molar-refractivity contribution in [2.75, 3.05) is 25.6 Å². The molecule has 0 spiro atoms. The summed E-state index contributed by atoms with van der Waals surface area (Å²) in [5.41, 5.74) is 0.455. The molecule has 1 rings (SSSR count). The molecular formula is C12H18N2O4. The van der Waals surface area contributed by atoms with E-state index in [0.717, 1.165) is 0 Å². The second-order valence-electron chi connectivity index (χ2n) is 4.14. The number of nitrogens with zero attached hydrogens (tertiary/aromatic N) is 1. The van der Waals surface area contributed by atoms with Crippen LogP contribution in [0.15, 0.2) is 18.2 Å². The zero-order valence-electron chi connectivity index (χ0n) is 10.5. The number of benzene rings is 1. The van der Waals surface area contributed by atoms with Crippen molar-refractivity contribution < 1.29 is 14.8 Å². The van der Waals surface area contributed by atoms with Crippen LogP contribution in [0.4, 0.5) is 11.4 Å². The maximum Gasteiger partial charge on any atom is 0.296 e. The fourth-order valence-corrected chi connectivity index (χ4v) is 1.55. The van der Waals surface area contributed by atoms with E-state index in [1.165, 1.54) is 13.2 Å². The summed E-state index contributed by atoms with van der Waals surface area (Å²) in [6, 6.07) is 4.69. The van der Waals surface area contributed by atoms with E-state index in [0.29, 0.717) is 24.4 Å². The third kappa shape index (κ3) is 3.89. The number of hydrogen-bond donors (Lipinski definition) is 2. The van der Waals surface area contributed by atoms with Crippen LogP contribution in [0.5, 0.6) is 5.75 Å². The summed E-state index contributed by atoms with van der Waals surface area (Å²) in [6.45, 7) is 2.67. The summed E-state index contributed by atoms with van der Waals surface area (Å²) in [5.74, 6) is 0.701. The number of hydrogen-bond acceptors (Lipinski definition) is 5. The second kappa shape index (κ2) is 6.80. The average molecular weight is 254 g/mol. The van der Waals surface area contributed by atoms with Gasteiger partial charge in [-0.2, -0.15) is 0 Å². The summed E-state index contributed by atoms with van der Waals surface area (Å²) in [7, 11) is 1.47. The Morgan fingerprint density at radius 2 is 2.28 bits per heavy atom. The third-order valence-corrected chi connectivity index (χ3v) is 2.66. The molecule has 1 atom stereocenters. The molecule has 1 aromatic rings. The number of nitro groups is 1. The predicted molar refractivity (Wildman–Crippen MR) is 69.0 cm³/mol. The highest BCUT2D eigenvalue weighted by Gasteiger charge is 2.15. The van der Waals surface area contributed by atoms with Crippen LogP contribution in [0.25, 0.3) is 0 Å². The zero-order valence-corrected chi connectivity index (χ0v) is 10.5. The minimum absolute atomic E-state index is 0.00875. The topological polar surface area (TPSA) is 84.6 Å². The van der Waals surface area contributed by atoms with Gasteiger partial charge in [-0.3, -0.25) is 10.1 Å². The van der Waals surface area contributed by atoms with Gasteiger partial charge in [-0.25, -0.2) is 0 Å². The van der Waals surface area contributed by atoms with Crippen molar-refractivity contribution >= 4 is 11.4 Å². The van der Waals surface area contributed by atoms with Crippen molar-refractivity contribution in [1.29, 1.82) is 0 Å². The second-order valence-corrected chi connectivity index (χ2v) is 4.14. The highest BCUT2D eigenvalue weighted by molar-refractivity contribution is 5.63. The van der Waals surface area contributed by atoms with Crippen LogP contribution in [-0.2, 0) is 0 Å². The molecule has 2 N–H and O–H groups in total. The Bertz CT molecular complexity index is 409. The molecule has 6 heteroatoms. The van der Waals surface area contributed by atoms with Gasteiger partial charge in [0.2, 0.25) is 0 Å². The van der Waals surface area contributed by atoms with Gasteiger partial charge in [-0.1, -0.05) is 6.92 Å². The van der Waals surface area contributed by atoms with Crippen LogP contribution in [0.3, 0.4) is 0 Å². The number of nitrogens with one attached hydrogen (secondary N) is 1. The van der Waals surface area contributed by atoms with E-state index in [4.69, 9.17) is 9.84 Å². The SMILES string of the molecule is COc1ccc(NCC(C)CCO)c([N+](=O)[O-])c1. The van der Waals surface area contributed by atoms with Crippen molar-refractivity contribution in [3.05, 3.63) is 28.3 Å². The van der Waals surface area contributed by atoms with Crippen molar-refractivity contribution in [3.8, 4) is 5.75 Å². The molecule has 0 radical (unpaired) electrons. The van der Waals surface area contributed by atoms with Gasteiger partial charge in [0.15, 0.2) is 0 Å². The van der Waals surface area contributed by atoms with Gasteiger partial charge in [0.25, 0.3) is 5.69 Å². The monoisotopic (exact) mass is 254 g/mol. The van der Waals surface area contributed by atoms with E-state index in [1.807, 2.05) is 6.92 Å². The first-order valence-electron chi connectivity index (χ1n) is 5.75. The normalized spacial score (nSPS) is 11.9. The first-order valence-corrected chi connectivity index (χ1v) is 5.75. The molecule has 0 aliphatic carbocycles. The number of aliphatic hydroxyl groups is 1. The van der Waals surface area contributed by atoms with Crippen LogP contribution in [0.1, 0.15) is 13.3 Å². The van der Waals surface area contributed by atoms with Gasteiger partial charge >= 0.3 is 0 Å². The van der Waals surface area contributed by atoms with Gasteiger partial charge in [0.1, 0.15) is 11.4 Å². The van der Waals surface area contributed by atoms with E-state index in [1.54, 1.807) is 12.1 Å². The van der Waals surface area contributed by atoms with Crippen molar-refractivity contribution in [3.63, 3.8) is 0 Å². The molecule has 0 aliphatic heterocycles. The number of methoxy groups -OCH3 is 1. The van der Waals surface area contributed by atoms with Gasteiger partial charge in [-0.05, 0) is 24.5 Å². The molecule has 0 saturated heterocycles. The van der Waals surface area contributed by atoms with Crippen molar-refractivity contribution in [2.45, 2.75) is 13.3 Å². The minimum Gasteiger partial charge on any atom is -0.496 e. The highest BCUT2D eigenvalue weighted by atomic mass is 16.6. The Kier molecular flexibility index (Phi) is 5.38. The Balaban J connectivity index is 2.78. The summed E-state index contributed by atoms with van der Waals surface area (Å²) < 4.78 is 4.96. The van der Waals surface area contributed by atoms with E-state index >= 15 is 0 Å². The van der Waals surface area contributed by atoms with Gasteiger partial charge in [0, 0.05) is 13.2 Å². The van der Waals surface area contributed by atoms with Crippen LogP contribution < -0.4 is 10.1 Å². The lowest BCUT2D eigenvalue weighted by atomic mass is 10.1. The minimum atomic E-state index is -0.443. The van der Waals surface area contributed by atoms with E-state index in [-0.39, 0.29) is 18.2 Å². The number of ether oxygens (including phenoxy) is 1. The molecule has 0 fully saturated rings. The van der Waals surface area contributed by atoms with E-state index in [9.17, 15) is 10.1 Å².